The molecule has 0 aliphatic rings. The number of aryl methyl sites for hydroxylation is 1. The molecule has 0 radical (unpaired) electrons. The van der Waals surface area contributed by atoms with Crippen LogP contribution in [0.5, 0.6) is 0 Å². The summed E-state index contributed by atoms with van der Waals surface area (Å²) in [5.74, 6) is -1.52. The van der Waals surface area contributed by atoms with Crippen LogP contribution in [0.1, 0.15) is 42.5 Å². The lowest BCUT2D eigenvalue weighted by atomic mass is 10.0. The maximum Gasteiger partial charge on any atom is 0.244 e. The van der Waals surface area contributed by atoms with Gasteiger partial charge in [0.2, 0.25) is 21.8 Å². The first-order chi connectivity index (χ1) is 18.9. The molecular weight excluding hydrogens is 529 g/mol. The zero-order valence-corrected chi connectivity index (χ0v) is 24.5. The molecule has 0 heterocycles. The van der Waals surface area contributed by atoms with Crippen LogP contribution in [0.3, 0.4) is 0 Å². The molecular formula is C31H38FN3O4S. The largest absolute Gasteiger partial charge is 0.352 e. The van der Waals surface area contributed by atoms with Gasteiger partial charge in [0.05, 0.1) is 11.9 Å². The second-order valence-corrected chi connectivity index (χ2v) is 12.0. The molecule has 1 N–H and O–H groups in total. The van der Waals surface area contributed by atoms with Crippen LogP contribution in [0.15, 0.2) is 72.8 Å². The van der Waals surface area contributed by atoms with Crippen LogP contribution in [-0.2, 0) is 32.6 Å². The van der Waals surface area contributed by atoms with E-state index < -0.39 is 34.3 Å². The third-order valence-corrected chi connectivity index (χ3v) is 8.22. The van der Waals surface area contributed by atoms with Crippen LogP contribution >= 0.6 is 0 Å². The number of hydrogen-bond acceptors (Lipinski definition) is 4. The summed E-state index contributed by atoms with van der Waals surface area (Å²) in [6, 6.07) is 19.4. The minimum atomic E-state index is -3.88. The molecule has 40 heavy (non-hydrogen) atoms. The number of sulfonamides is 1. The third kappa shape index (κ3) is 7.91. The third-order valence-electron chi connectivity index (χ3n) is 7.09. The molecule has 0 saturated carbocycles. The summed E-state index contributed by atoms with van der Waals surface area (Å²) in [7, 11) is -3.88. The summed E-state index contributed by atoms with van der Waals surface area (Å²) in [5, 5.41) is 2.96. The summed E-state index contributed by atoms with van der Waals surface area (Å²) < 4.78 is 41.8. The molecule has 0 spiro atoms. The average molecular weight is 568 g/mol. The molecule has 9 heteroatoms. The molecule has 0 aromatic heterocycles. The first-order valence-electron chi connectivity index (χ1n) is 13.3. The van der Waals surface area contributed by atoms with Crippen molar-refractivity contribution in [3.05, 3.63) is 101 Å². The molecule has 2 amide bonds. The van der Waals surface area contributed by atoms with Crippen molar-refractivity contribution < 1.29 is 22.4 Å². The highest BCUT2D eigenvalue weighted by Gasteiger charge is 2.34. The van der Waals surface area contributed by atoms with Crippen LogP contribution in [0.2, 0.25) is 0 Å². The number of hydrogen-bond donors (Lipinski definition) is 1. The number of nitrogens with zero attached hydrogens (tertiary/aromatic N) is 2. The highest BCUT2D eigenvalue weighted by Crippen LogP contribution is 2.26. The van der Waals surface area contributed by atoms with Gasteiger partial charge in [-0.1, -0.05) is 67.6 Å². The predicted molar refractivity (Wildman–Crippen MR) is 157 cm³/mol. The van der Waals surface area contributed by atoms with Crippen LogP contribution in [0.4, 0.5) is 10.1 Å². The van der Waals surface area contributed by atoms with E-state index >= 15 is 0 Å². The van der Waals surface area contributed by atoms with Crippen LogP contribution < -0.4 is 9.62 Å². The van der Waals surface area contributed by atoms with E-state index in [1.807, 2.05) is 57.2 Å². The summed E-state index contributed by atoms with van der Waals surface area (Å²) in [6.45, 7) is 6.71. The zero-order chi connectivity index (χ0) is 29.4. The van der Waals surface area contributed by atoms with Gasteiger partial charge < -0.3 is 10.2 Å². The lowest BCUT2D eigenvalue weighted by Crippen LogP contribution is -2.54. The highest BCUT2D eigenvalue weighted by molar-refractivity contribution is 7.92. The second kappa shape index (κ2) is 13.6. The Morgan fingerprint density at radius 2 is 1.60 bits per heavy atom. The van der Waals surface area contributed by atoms with Gasteiger partial charge in [0.25, 0.3) is 0 Å². The van der Waals surface area contributed by atoms with Crippen molar-refractivity contribution in [2.45, 2.75) is 59.2 Å². The van der Waals surface area contributed by atoms with E-state index in [1.165, 1.54) is 11.0 Å². The molecule has 0 unspecified atom stereocenters. The van der Waals surface area contributed by atoms with Gasteiger partial charge in [-0.25, -0.2) is 12.8 Å². The number of anilines is 1. The molecule has 3 aromatic rings. The Balaban J connectivity index is 2.10. The topological polar surface area (TPSA) is 86.8 Å². The van der Waals surface area contributed by atoms with Crippen molar-refractivity contribution in [1.29, 1.82) is 0 Å². The molecule has 2 atom stereocenters. The van der Waals surface area contributed by atoms with Gasteiger partial charge in [-0.05, 0) is 56.0 Å². The summed E-state index contributed by atoms with van der Waals surface area (Å²) in [4.78, 5) is 29.1. The van der Waals surface area contributed by atoms with E-state index in [4.69, 9.17) is 0 Å². The fourth-order valence-corrected chi connectivity index (χ4v) is 5.31. The zero-order valence-electron chi connectivity index (χ0n) is 23.7. The van der Waals surface area contributed by atoms with Crippen molar-refractivity contribution >= 4 is 27.5 Å². The Labute approximate surface area is 237 Å². The number of rotatable bonds is 12. The molecule has 214 valence electrons. The Morgan fingerprint density at radius 1 is 0.950 bits per heavy atom. The SMILES string of the molecule is CC[C@H](C)NC(=O)[C@H](Cc1ccccc1)N(Cc1ccccc1F)C(=O)CN(c1cccc(C)c1C)S(C)(=O)=O. The molecule has 3 rings (SSSR count). The van der Waals surface area contributed by atoms with Crippen LogP contribution in [0, 0.1) is 19.7 Å². The number of halogens is 1. The number of carbonyl (C=O) groups excluding carboxylic acids is 2. The summed E-state index contributed by atoms with van der Waals surface area (Å²) in [6.07, 6.45) is 1.89. The fourth-order valence-electron chi connectivity index (χ4n) is 4.41. The van der Waals surface area contributed by atoms with Gasteiger partial charge in [0, 0.05) is 24.6 Å². The van der Waals surface area contributed by atoms with E-state index in [1.54, 1.807) is 37.3 Å². The van der Waals surface area contributed by atoms with Crippen molar-refractivity contribution in [2.75, 3.05) is 17.1 Å². The van der Waals surface area contributed by atoms with Crippen molar-refractivity contribution in [1.82, 2.24) is 10.2 Å². The molecule has 0 fully saturated rings. The van der Waals surface area contributed by atoms with E-state index in [0.717, 1.165) is 27.3 Å². The van der Waals surface area contributed by atoms with E-state index in [2.05, 4.69) is 5.32 Å². The molecule has 0 aliphatic carbocycles. The lowest BCUT2D eigenvalue weighted by molar-refractivity contribution is -0.140. The van der Waals surface area contributed by atoms with Gasteiger partial charge >= 0.3 is 0 Å². The lowest BCUT2D eigenvalue weighted by Gasteiger charge is -2.34. The maximum absolute atomic E-state index is 14.8. The molecule has 0 saturated heterocycles. The quantitative estimate of drug-likeness (QED) is 0.342. The number of benzene rings is 3. The Kier molecular flexibility index (Phi) is 10.5. The smallest absolute Gasteiger partial charge is 0.244 e. The second-order valence-electron chi connectivity index (χ2n) is 10.1. The number of nitrogens with one attached hydrogen (secondary N) is 1. The first kappa shape index (κ1) is 30.8. The van der Waals surface area contributed by atoms with Crippen molar-refractivity contribution in [3.63, 3.8) is 0 Å². The highest BCUT2D eigenvalue weighted by atomic mass is 32.2. The van der Waals surface area contributed by atoms with Gasteiger partial charge in [-0.15, -0.1) is 0 Å². The first-order valence-corrected chi connectivity index (χ1v) is 15.2. The monoisotopic (exact) mass is 567 g/mol. The van der Waals surface area contributed by atoms with E-state index in [0.29, 0.717) is 12.1 Å². The maximum atomic E-state index is 14.8. The number of carbonyl (C=O) groups is 2. The summed E-state index contributed by atoms with van der Waals surface area (Å²) in [5.41, 5.74) is 3.01. The van der Waals surface area contributed by atoms with E-state index in [9.17, 15) is 22.4 Å². The minimum absolute atomic E-state index is 0.154. The van der Waals surface area contributed by atoms with Crippen molar-refractivity contribution in [2.24, 2.45) is 0 Å². The van der Waals surface area contributed by atoms with Crippen LogP contribution in [-0.4, -0.2) is 50.0 Å². The van der Waals surface area contributed by atoms with E-state index in [-0.39, 0.29) is 30.5 Å². The average Bonchev–Trinajstić information content (AvgIpc) is 2.91. The summed E-state index contributed by atoms with van der Waals surface area (Å²) >= 11 is 0. The minimum Gasteiger partial charge on any atom is -0.352 e. The normalized spacial score (nSPS) is 12.8. The van der Waals surface area contributed by atoms with Crippen LogP contribution in [0.25, 0.3) is 0 Å². The molecule has 3 aromatic carbocycles. The molecule has 0 bridgehead atoms. The Morgan fingerprint density at radius 3 is 2.23 bits per heavy atom. The van der Waals surface area contributed by atoms with Gasteiger partial charge in [0.1, 0.15) is 18.4 Å². The molecule has 0 aliphatic heterocycles. The van der Waals surface area contributed by atoms with Crippen molar-refractivity contribution in [3.8, 4) is 0 Å². The standard InChI is InChI=1S/C31H38FN3O4S/c1-6-23(3)33-31(37)29(19-25-14-8-7-9-15-25)34(20-26-16-10-11-17-27(26)32)30(36)21-35(40(5,38)39)28-18-12-13-22(2)24(28)4/h7-18,23,29H,6,19-21H2,1-5H3,(H,33,37)/t23-,29-/m0/s1. The predicted octanol–water partition coefficient (Wildman–Crippen LogP) is 4.76. The number of amides is 2. The van der Waals surface area contributed by atoms with Gasteiger partial charge in [0.15, 0.2) is 0 Å². The van der Waals surface area contributed by atoms with Gasteiger partial charge in [-0.2, -0.15) is 0 Å². The Bertz CT molecular complexity index is 1430. The fraction of sp³-hybridized carbons (Fsp3) is 0.355. The Hall–Kier alpha value is -3.72. The van der Waals surface area contributed by atoms with Gasteiger partial charge in [-0.3, -0.25) is 13.9 Å². The molecule has 7 nitrogen and oxygen atoms in total.